The third kappa shape index (κ3) is 2.63. The lowest BCUT2D eigenvalue weighted by Gasteiger charge is -2.29. The molecule has 0 radical (unpaired) electrons. The molecule has 2 atom stereocenters. The monoisotopic (exact) mass is 285 g/mol. The molecule has 2 bridgehead atoms. The highest BCUT2D eigenvalue weighted by Crippen LogP contribution is 2.27. The van der Waals surface area contributed by atoms with E-state index in [1.54, 1.807) is 0 Å². The fourth-order valence-corrected chi connectivity index (χ4v) is 4.26. The highest BCUT2D eigenvalue weighted by molar-refractivity contribution is 7.89. The van der Waals surface area contributed by atoms with Crippen molar-refractivity contribution in [1.82, 2.24) is 15.0 Å². The van der Waals surface area contributed by atoms with Crippen molar-refractivity contribution in [2.24, 2.45) is 0 Å². The first-order chi connectivity index (χ1) is 9.04. The van der Waals surface area contributed by atoms with Crippen molar-refractivity contribution < 1.29 is 12.8 Å². The number of nitrogens with one attached hydrogen (secondary N) is 2. The van der Waals surface area contributed by atoms with E-state index in [0.29, 0.717) is 12.1 Å². The van der Waals surface area contributed by atoms with Gasteiger partial charge in [0.1, 0.15) is 0 Å². The summed E-state index contributed by atoms with van der Waals surface area (Å²) in [5.41, 5.74) is 0. The number of rotatable bonds is 3. The molecule has 0 saturated carbocycles. The number of aromatic nitrogens is 1. The van der Waals surface area contributed by atoms with Crippen molar-refractivity contribution in [3.8, 4) is 0 Å². The Balaban J connectivity index is 1.77. The average Bonchev–Trinajstić information content (AvgIpc) is 2.68. The van der Waals surface area contributed by atoms with Gasteiger partial charge in [-0.3, -0.25) is 0 Å². The van der Waals surface area contributed by atoms with Gasteiger partial charge in [-0.05, 0) is 37.8 Å². The normalized spacial score (nSPS) is 30.5. The van der Waals surface area contributed by atoms with Crippen LogP contribution in [0.25, 0.3) is 0 Å². The van der Waals surface area contributed by atoms with Crippen LogP contribution in [0.5, 0.6) is 0 Å². The van der Waals surface area contributed by atoms with E-state index < -0.39 is 20.9 Å². The third-order valence-electron chi connectivity index (χ3n) is 3.77. The topological polar surface area (TPSA) is 71.1 Å². The number of halogens is 1. The second kappa shape index (κ2) is 4.81. The largest absolute Gasteiger partial charge is 0.311 e. The zero-order valence-corrected chi connectivity index (χ0v) is 11.2. The van der Waals surface area contributed by atoms with Crippen LogP contribution in [0.1, 0.15) is 25.7 Å². The van der Waals surface area contributed by atoms with E-state index in [-0.39, 0.29) is 6.04 Å². The first kappa shape index (κ1) is 13.0. The average molecular weight is 285 g/mol. The smallest absolute Gasteiger partial charge is 0.261 e. The second-order valence-electron chi connectivity index (χ2n) is 5.22. The Kier molecular flexibility index (Phi) is 3.28. The summed E-state index contributed by atoms with van der Waals surface area (Å²) in [5, 5.41) is 2.92. The molecule has 2 fully saturated rings. The summed E-state index contributed by atoms with van der Waals surface area (Å²) in [4.78, 5) is 3.63. The zero-order valence-electron chi connectivity index (χ0n) is 10.3. The van der Waals surface area contributed by atoms with Gasteiger partial charge in [0.15, 0.2) is 5.82 Å². The van der Waals surface area contributed by atoms with Gasteiger partial charge in [-0.1, -0.05) is 0 Å². The van der Waals surface area contributed by atoms with Gasteiger partial charge in [-0.2, -0.15) is 0 Å². The van der Waals surface area contributed by atoms with Crippen LogP contribution in [-0.4, -0.2) is 31.5 Å². The van der Waals surface area contributed by atoms with Crippen LogP contribution in [0.3, 0.4) is 0 Å². The maximum absolute atomic E-state index is 13.5. The Hall–Kier alpha value is -1.05. The fraction of sp³-hybridized carbons (Fsp3) is 0.583. The third-order valence-corrected chi connectivity index (χ3v) is 5.23. The summed E-state index contributed by atoms with van der Waals surface area (Å²) in [6.07, 6.45) is 4.96. The molecule has 1 aromatic rings. The standard InChI is InChI=1S/C12H16FN3O2S/c13-11-2-1-5-14-12(11)19(17,18)16-10-6-8-3-4-9(7-10)15-8/h1-2,5,8-10,15-16H,3-4,6-7H2. The van der Waals surface area contributed by atoms with Gasteiger partial charge >= 0.3 is 0 Å². The summed E-state index contributed by atoms with van der Waals surface area (Å²) in [5.74, 6) is -0.813. The molecule has 2 saturated heterocycles. The lowest BCUT2D eigenvalue weighted by molar-refractivity contribution is 0.344. The first-order valence-corrected chi connectivity index (χ1v) is 7.92. The summed E-state index contributed by atoms with van der Waals surface area (Å²) < 4.78 is 40.3. The van der Waals surface area contributed by atoms with E-state index in [1.807, 2.05) is 0 Å². The molecule has 19 heavy (non-hydrogen) atoms. The predicted molar refractivity (Wildman–Crippen MR) is 67.5 cm³/mol. The Labute approximate surface area is 111 Å². The Bertz CT molecular complexity index is 566. The molecule has 3 rings (SSSR count). The van der Waals surface area contributed by atoms with Crippen molar-refractivity contribution in [1.29, 1.82) is 0 Å². The molecular formula is C12H16FN3O2S. The van der Waals surface area contributed by atoms with Gasteiger partial charge < -0.3 is 5.32 Å². The highest BCUT2D eigenvalue weighted by atomic mass is 32.2. The molecule has 0 aliphatic carbocycles. The minimum Gasteiger partial charge on any atom is -0.311 e. The number of fused-ring (bicyclic) bond motifs is 2. The summed E-state index contributed by atoms with van der Waals surface area (Å²) in [6, 6.07) is 3.09. The Morgan fingerprint density at radius 3 is 2.63 bits per heavy atom. The molecular weight excluding hydrogens is 269 g/mol. The van der Waals surface area contributed by atoms with E-state index in [0.717, 1.165) is 31.7 Å². The van der Waals surface area contributed by atoms with Crippen molar-refractivity contribution >= 4 is 10.0 Å². The summed E-state index contributed by atoms with van der Waals surface area (Å²) in [7, 11) is -3.87. The molecule has 2 unspecified atom stereocenters. The maximum atomic E-state index is 13.5. The highest BCUT2D eigenvalue weighted by Gasteiger charge is 2.36. The SMILES string of the molecule is O=S(=O)(NC1CC2CCC(C1)N2)c1ncccc1F. The van der Waals surface area contributed by atoms with Gasteiger partial charge in [0.25, 0.3) is 10.0 Å². The first-order valence-electron chi connectivity index (χ1n) is 6.43. The molecule has 1 aromatic heterocycles. The number of sulfonamides is 1. The predicted octanol–water partition coefficient (Wildman–Crippen LogP) is 0.782. The Morgan fingerprint density at radius 2 is 2.00 bits per heavy atom. The van der Waals surface area contributed by atoms with Crippen molar-refractivity contribution in [2.75, 3.05) is 0 Å². The van der Waals surface area contributed by atoms with E-state index in [2.05, 4.69) is 15.0 Å². The molecule has 2 aliphatic rings. The lowest BCUT2D eigenvalue weighted by Crippen LogP contribution is -2.48. The van der Waals surface area contributed by atoms with Gasteiger partial charge in [0.2, 0.25) is 5.03 Å². The minimum atomic E-state index is -3.87. The van der Waals surface area contributed by atoms with Crippen LogP contribution in [0, 0.1) is 5.82 Å². The van der Waals surface area contributed by atoms with E-state index in [9.17, 15) is 12.8 Å². The molecule has 104 valence electrons. The molecule has 2 aliphatic heterocycles. The van der Waals surface area contributed by atoms with Gasteiger partial charge in [0.05, 0.1) is 0 Å². The van der Waals surface area contributed by atoms with Crippen LogP contribution >= 0.6 is 0 Å². The number of pyridine rings is 1. The Morgan fingerprint density at radius 1 is 1.32 bits per heavy atom. The molecule has 3 heterocycles. The van der Waals surface area contributed by atoms with Gasteiger partial charge in [-0.25, -0.2) is 22.5 Å². The molecule has 5 nitrogen and oxygen atoms in total. The van der Waals surface area contributed by atoms with Crippen molar-refractivity contribution in [3.05, 3.63) is 24.1 Å². The number of piperidine rings is 1. The quantitative estimate of drug-likeness (QED) is 0.861. The zero-order chi connectivity index (χ0) is 13.5. The second-order valence-corrected chi connectivity index (χ2v) is 6.85. The minimum absolute atomic E-state index is 0.134. The van der Waals surface area contributed by atoms with Crippen molar-refractivity contribution in [2.45, 2.75) is 48.8 Å². The molecule has 7 heteroatoms. The van der Waals surface area contributed by atoms with Gasteiger partial charge in [0, 0.05) is 24.3 Å². The van der Waals surface area contributed by atoms with Crippen LogP contribution in [0.15, 0.2) is 23.4 Å². The molecule has 0 amide bonds. The molecule has 2 N–H and O–H groups in total. The van der Waals surface area contributed by atoms with Crippen LogP contribution in [-0.2, 0) is 10.0 Å². The van der Waals surface area contributed by atoms with Gasteiger partial charge in [-0.15, -0.1) is 0 Å². The maximum Gasteiger partial charge on any atom is 0.261 e. The van der Waals surface area contributed by atoms with E-state index >= 15 is 0 Å². The van der Waals surface area contributed by atoms with Crippen LogP contribution in [0.2, 0.25) is 0 Å². The number of hydrogen-bond donors (Lipinski definition) is 2. The summed E-state index contributed by atoms with van der Waals surface area (Å²) in [6.45, 7) is 0. The lowest BCUT2D eigenvalue weighted by atomic mass is 10.0. The van der Waals surface area contributed by atoms with E-state index in [1.165, 1.54) is 12.3 Å². The fourth-order valence-electron chi connectivity index (χ4n) is 3.00. The van der Waals surface area contributed by atoms with Crippen molar-refractivity contribution in [3.63, 3.8) is 0 Å². The molecule has 0 aromatic carbocycles. The number of nitrogens with zero attached hydrogens (tertiary/aromatic N) is 1. The number of hydrogen-bond acceptors (Lipinski definition) is 4. The van der Waals surface area contributed by atoms with Crippen LogP contribution in [0.4, 0.5) is 4.39 Å². The van der Waals surface area contributed by atoms with E-state index in [4.69, 9.17) is 0 Å². The molecule has 0 spiro atoms. The summed E-state index contributed by atoms with van der Waals surface area (Å²) >= 11 is 0. The van der Waals surface area contributed by atoms with Crippen LogP contribution < -0.4 is 10.0 Å².